The molecule has 6 heteroatoms. The molecule has 3 fully saturated rings. The smallest absolute Gasteiger partial charge is 0.358 e. The average Bonchev–Trinajstić information content (AvgIpc) is 2.81. The maximum Gasteiger partial charge on any atom is 0.358 e. The van der Waals surface area contributed by atoms with Crippen LogP contribution in [0.3, 0.4) is 0 Å². The Morgan fingerprint density at radius 3 is 2.85 bits per heavy atom. The fraction of sp³-hybridized carbons (Fsp3) is 0.714. The van der Waals surface area contributed by atoms with Crippen molar-refractivity contribution in [2.45, 2.75) is 32.7 Å². The Morgan fingerprint density at radius 1 is 1.50 bits per heavy atom. The van der Waals surface area contributed by atoms with E-state index in [-0.39, 0.29) is 5.97 Å². The molecule has 3 aliphatic rings. The number of thiazole rings is 1. The molecule has 1 unspecified atom stereocenters. The highest BCUT2D eigenvalue weighted by molar-refractivity contribution is 7.15. The summed E-state index contributed by atoms with van der Waals surface area (Å²) in [7, 11) is 0. The number of carbonyl (C=O) groups is 1. The number of aryl methyl sites for hydroxylation is 1. The van der Waals surface area contributed by atoms with Gasteiger partial charge in [0.15, 0.2) is 10.8 Å². The number of esters is 1. The van der Waals surface area contributed by atoms with E-state index in [0.29, 0.717) is 18.3 Å². The third-order valence-corrected chi connectivity index (χ3v) is 5.13. The van der Waals surface area contributed by atoms with E-state index in [9.17, 15) is 4.79 Å². The highest BCUT2D eigenvalue weighted by Gasteiger charge is 2.34. The number of aromatic nitrogens is 1. The second kappa shape index (κ2) is 5.69. The molecule has 1 atom stereocenters. The number of nitrogens with zero attached hydrogens (tertiary/aromatic N) is 2. The van der Waals surface area contributed by atoms with Crippen LogP contribution in [0.25, 0.3) is 0 Å². The standard InChI is InChI=1S/C14H21N3O2S/c1-3-19-13(18)12-9(2)20-14(16-12)15-11-8-17-6-4-10(11)5-7-17/h10-11H,3-8H2,1-2H3,(H,15,16). The zero-order valence-electron chi connectivity index (χ0n) is 12.0. The van der Waals surface area contributed by atoms with Crippen LogP contribution in [0.15, 0.2) is 0 Å². The fourth-order valence-electron chi connectivity index (χ4n) is 3.13. The number of nitrogens with one attached hydrogen (secondary N) is 1. The van der Waals surface area contributed by atoms with Crippen molar-refractivity contribution in [2.75, 3.05) is 31.6 Å². The van der Waals surface area contributed by atoms with Gasteiger partial charge in [0.05, 0.1) is 6.61 Å². The number of piperidine rings is 3. The van der Waals surface area contributed by atoms with E-state index in [4.69, 9.17) is 4.74 Å². The summed E-state index contributed by atoms with van der Waals surface area (Å²) in [6.07, 6.45) is 2.54. The van der Waals surface area contributed by atoms with Crippen LogP contribution in [-0.4, -0.2) is 48.1 Å². The van der Waals surface area contributed by atoms with Crippen molar-refractivity contribution in [3.63, 3.8) is 0 Å². The summed E-state index contributed by atoms with van der Waals surface area (Å²) in [5, 5.41) is 4.38. The second-order valence-corrected chi connectivity index (χ2v) is 6.74. The summed E-state index contributed by atoms with van der Waals surface area (Å²) >= 11 is 1.55. The zero-order chi connectivity index (χ0) is 14.1. The van der Waals surface area contributed by atoms with Crippen molar-refractivity contribution >= 4 is 22.4 Å². The lowest BCUT2D eigenvalue weighted by atomic mass is 9.84. The van der Waals surface area contributed by atoms with E-state index >= 15 is 0 Å². The van der Waals surface area contributed by atoms with E-state index in [1.165, 1.54) is 25.9 Å². The predicted molar refractivity (Wildman–Crippen MR) is 79.4 cm³/mol. The first kappa shape index (κ1) is 13.8. The van der Waals surface area contributed by atoms with Crippen LogP contribution in [0.2, 0.25) is 0 Å². The Morgan fingerprint density at radius 2 is 2.25 bits per heavy atom. The van der Waals surface area contributed by atoms with Crippen molar-refractivity contribution in [2.24, 2.45) is 5.92 Å². The number of rotatable bonds is 4. The van der Waals surface area contributed by atoms with Crippen LogP contribution < -0.4 is 5.32 Å². The predicted octanol–water partition coefficient (Wildman–Crippen LogP) is 2.13. The first-order chi connectivity index (χ1) is 9.67. The molecule has 0 radical (unpaired) electrons. The number of hydrogen-bond donors (Lipinski definition) is 1. The first-order valence-electron chi connectivity index (χ1n) is 7.30. The van der Waals surface area contributed by atoms with E-state index in [1.807, 2.05) is 13.8 Å². The van der Waals surface area contributed by atoms with Crippen LogP contribution in [0.5, 0.6) is 0 Å². The molecule has 0 aromatic carbocycles. The van der Waals surface area contributed by atoms with Crippen LogP contribution in [0, 0.1) is 12.8 Å². The molecule has 5 nitrogen and oxygen atoms in total. The molecule has 1 N–H and O–H groups in total. The Bertz CT molecular complexity index is 495. The van der Waals surface area contributed by atoms with Gasteiger partial charge in [-0.3, -0.25) is 0 Å². The lowest BCUT2D eigenvalue weighted by Gasteiger charge is -2.44. The molecule has 0 saturated carbocycles. The molecular formula is C14H21N3O2S. The van der Waals surface area contributed by atoms with Crippen molar-refractivity contribution in [1.82, 2.24) is 9.88 Å². The molecule has 2 bridgehead atoms. The third kappa shape index (κ3) is 2.67. The number of fused-ring (bicyclic) bond motifs is 3. The van der Waals surface area contributed by atoms with E-state index in [2.05, 4.69) is 15.2 Å². The molecule has 0 amide bonds. The molecule has 110 valence electrons. The summed E-state index contributed by atoms with van der Waals surface area (Å²) in [4.78, 5) is 19.6. The molecule has 1 aromatic rings. The average molecular weight is 295 g/mol. The number of anilines is 1. The van der Waals surface area contributed by atoms with Gasteiger partial charge in [0, 0.05) is 17.5 Å². The molecular weight excluding hydrogens is 274 g/mol. The minimum absolute atomic E-state index is 0.316. The van der Waals surface area contributed by atoms with Crippen molar-refractivity contribution < 1.29 is 9.53 Å². The molecule has 20 heavy (non-hydrogen) atoms. The summed E-state index contributed by atoms with van der Waals surface area (Å²) < 4.78 is 5.03. The molecule has 4 heterocycles. The number of carbonyl (C=O) groups excluding carboxylic acids is 1. The number of ether oxygens (including phenoxy) is 1. The summed E-state index contributed by atoms with van der Waals surface area (Å²) in [6.45, 7) is 7.68. The highest BCUT2D eigenvalue weighted by atomic mass is 32.1. The molecule has 0 aliphatic carbocycles. The van der Waals surface area contributed by atoms with Gasteiger partial charge in [-0.2, -0.15) is 0 Å². The Labute approximate surface area is 123 Å². The van der Waals surface area contributed by atoms with Crippen molar-refractivity contribution in [3.05, 3.63) is 10.6 Å². The van der Waals surface area contributed by atoms with Gasteiger partial charge in [0.1, 0.15) is 0 Å². The molecule has 3 aliphatic heterocycles. The molecule has 3 saturated heterocycles. The van der Waals surface area contributed by atoms with Crippen LogP contribution >= 0.6 is 11.3 Å². The van der Waals surface area contributed by atoms with Gasteiger partial charge in [0.2, 0.25) is 0 Å². The van der Waals surface area contributed by atoms with Gasteiger partial charge >= 0.3 is 5.97 Å². The lowest BCUT2D eigenvalue weighted by Crippen LogP contribution is -2.53. The monoisotopic (exact) mass is 295 g/mol. The summed E-state index contributed by atoms with van der Waals surface area (Å²) in [5.74, 6) is 0.429. The largest absolute Gasteiger partial charge is 0.461 e. The quantitative estimate of drug-likeness (QED) is 0.863. The molecule has 1 aromatic heterocycles. The third-order valence-electron chi connectivity index (χ3n) is 4.23. The van der Waals surface area contributed by atoms with E-state index < -0.39 is 0 Å². The van der Waals surface area contributed by atoms with E-state index in [1.54, 1.807) is 11.3 Å². The maximum atomic E-state index is 11.8. The van der Waals surface area contributed by atoms with Crippen molar-refractivity contribution in [3.8, 4) is 0 Å². The minimum atomic E-state index is -0.316. The Kier molecular flexibility index (Phi) is 3.94. The lowest BCUT2D eigenvalue weighted by molar-refractivity contribution is 0.0519. The zero-order valence-corrected chi connectivity index (χ0v) is 12.8. The first-order valence-corrected chi connectivity index (χ1v) is 8.12. The van der Waals surface area contributed by atoms with Gasteiger partial charge in [-0.05, 0) is 45.7 Å². The van der Waals surface area contributed by atoms with Crippen LogP contribution in [0.1, 0.15) is 35.1 Å². The summed E-state index contributed by atoms with van der Waals surface area (Å²) in [5.41, 5.74) is 0.459. The topological polar surface area (TPSA) is 54.5 Å². The normalized spacial score (nSPS) is 28.4. The maximum absolute atomic E-state index is 11.8. The molecule has 0 spiro atoms. The second-order valence-electron chi connectivity index (χ2n) is 5.53. The van der Waals surface area contributed by atoms with E-state index in [0.717, 1.165) is 22.5 Å². The minimum Gasteiger partial charge on any atom is -0.461 e. The van der Waals surface area contributed by atoms with Crippen LogP contribution in [0.4, 0.5) is 5.13 Å². The van der Waals surface area contributed by atoms with Gasteiger partial charge in [-0.25, -0.2) is 9.78 Å². The summed E-state index contributed by atoms with van der Waals surface area (Å²) in [6, 6.07) is 0.470. The van der Waals surface area contributed by atoms with Gasteiger partial charge in [-0.15, -0.1) is 11.3 Å². The van der Waals surface area contributed by atoms with Gasteiger partial charge < -0.3 is 15.0 Å². The van der Waals surface area contributed by atoms with Crippen molar-refractivity contribution in [1.29, 1.82) is 0 Å². The highest BCUT2D eigenvalue weighted by Crippen LogP contribution is 2.31. The number of hydrogen-bond acceptors (Lipinski definition) is 6. The Hall–Kier alpha value is -1.14. The SMILES string of the molecule is CCOC(=O)c1nc(NC2CN3CCC2CC3)sc1C. The molecule has 4 rings (SSSR count). The van der Waals surface area contributed by atoms with Gasteiger partial charge in [0.25, 0.3) is 0 Å². The fourth-order valence-corrected chi connectivity index (χ4v) is 4.00. The van der Waals surface area contributed by atoms with Gasteiger partial charge in [-0.1, -0.05) is 0 Å². The Balaban J connectivity index is 1.69. The van der Waals surface area contributed by atoms with Crippen LogP contribution in [-0.2, 0) is 4.74 Å².